The molecule has 0 amide bonds. The van der Waals surface area contributed by atoms with Gasteiger partial charge in [0, 0.05) is 17.4 Å². The second kappa shape index (κ2) is 7.19. The van der Waals surface area contributed by atoms with Gasteiger partial charge in [0.05, 0.1) is 0 Å². The summed E-state index contributed by atoms with van der Waals surface area (Å²) in [6.07, 6.45) is 1.70. The molecular formula is C21H21N5O2. The molecule has 2 aromatic carbocycles. The lowest BCUT2D eigenvalue weighted by molar-refractivity contribution is 0.532. The van der Waals surface area contributed by atoms with Gasteiger partial charge in [-0.2, -0.15) is 9.66 Å². The molecule has 0 saturated heterocycles. The van der Waals surface area contributed by atoms with Gasteiger partial charge in [0.25, 0.3) is 0 Å². The smallest absolute Gasteiger partial charge is 0.406 e. The molecule has 142 valence electrons. The maximum atomic E-state index is 12.2. The lowest BCUT2D eigenvalue weighted by Gasteiger charge is -2.12. The summed E-state index contributed by atoms with van der Waals surface area (Å²) >= 11 is 0. The molecule has 4 aromatic rings. The van der Waals surface area contributed by atoms with E-state index < -0.39 is 5.76 Å². The fourth-order valence-electron chi connectivity index (χ4n) is 2.87. The van der Waals surface area contributed by atoms with Crippen LogP contribution in [0.5, 0.6) is 0 Å². The molecule has 0 unspecified atom stereocenters. The highest BCUT2D eigenvalue weighted by Gasteiger charge is 2.11. The molecule has 0 bridgehead atoms. The zero-order valence-corrected chi connectivity index (χ0v) is 15.9. The second-order valence-electron chi connectivity index (χ2n) is 6.91. The predicted molar refractivity (Wildman–Crippen MR) is 110 cm³/mol. The van der Waals surface area contributed by atoms with Gasteiger partial charge < -0.3 is 9.73 Å². The number of aryl methyl sites for hydroxylation is 1. The number of para-hydroxylation sites is 2. The number of anilines is 3. The van der Waals surface area contributed by atoms with Gasteiger partial charge in [-0.1, -0.05) is 38.1 Å². The highest BCUT2D eigenvalue weighted by molar-refractivity contribution is 5.73. The topological polar surface area (TPSA) is 85.0 Å². The van der Waals surface area contributed by atoms with Crippen LogP contribution in [-0.4, -0.2) is 14.6 Å². The van der Waals surface area contributed by atoms with E-state index in [1.165, 1.54) is 10.2 Å². The van der Waals surface area contributed by atoms with E-state index in [4.69, 9.17) is 4.42 Å². The Morgan fingerprint density at radius 1 is 1.07 bits per heavy atom. The lowest BCUT2D eigenvalue weighted by Crippen LogP contribution is -2.23. The van der Waals surface area contributed by atoms with Gasteiger partial charge >= 0.3 is 5.76 Å². The van der Waals surface area contributed by atoms with Crippen LogP contribution in [0.4, 0.5) is 17.5 Å². The minimum atomic E-state index is -0.502. The maximum absolute atomic E-state index is 12.2. The van der Waals surface area contributed by atoms with E-state index >= 15 is 0 Å². The Morgan fingerprint density at radius 3 is 2.57 bits per heavy atom. The van der Waals surface area contributed by atoms with Crippen molar-refractivity contribution in [1.82, 2.24) is 14.6 Å². The van der Waals surface area contributed by atoms with E-state index in [-0.39, 0.29) is 0 Å². The summed E-state index contributed by atoms with van der Waals surface area (Å²) in [5, 5.41) is 3.20. The molecule has 0 aliphatic heterocycles. The van der Waals surface area contributed by atoms with Gasteiger partial charge in [-0.3, -0.25) is 5.43 Å². The van der Waals surface area contributed by atoms with Crippen molar-refractivity contribution in [3.8, 4) is 0 Å². The minimum absolute atomic E-state index is 0.436. The fraction of sp³-hybridized carbons (Fsp3) is 0.190. The molecule has 2 N–H and O–H groups in total. The number of benzene rings is 2. The molecule has 28 heavy (non-hydrogen) atoms. The Labute approximate surface area is 162 Å². The van der Waals surface area contributed by atoms with Crippen molar-refractivity contribution in [1.29, 1.82) is 0 Å². The van der Waals surface area contributed by atoms with E-state index in [1.54, 1.807) is 18.3 Å². The second-order valence-corrected chi connectivity index (χ2v) is 6.91. The molecule has 4 rings (SSSR count). The van der Waals surface area contributed by atoms with Crippen LogP contribution >= 0.6 is 0 Å². The predicted octanol–water partition coefficient (Wildman–Crippen LogP) is 4.44. The summed E-state index contributed by atoms with van der Waals surface area (Å²) in [5.41, 5.74) is 7.15. The molecule has 0 atom stereocenters. The van der Waals surface area contributed by atoms with E-state index in [1.807, 2.05) is 31.2 Å². The number of aromatic nitrogens is 3. The normalized spacial score (nSPS) is 11.1. The molecular weight excluding hydrogens is 354 g/mol. The van der Waals surface area contributed by atoms with Crippen molar-refractivity contribution in [3.05, 3.63) is 76.4 Å². The van der Waals surface area contributed by atoms with Crippen LogP contribution in [0, 0.1) is 6.92 Å². The summed E-state index contributed by atoms with van der Waals surface area (Å²) in [7, 11) is 0. The van der Waals surface area contributed by atoms with Crippen LogP contribution in [-0.2, 0) is 0 Å². The molecule has 7 nitrogen and oxygen atoms in total. The van der Waals surface area contributed by atoms with Crippen LogP contribution < -0.4 is 16.5 Å². The van der Waals surface area contributed by atoms with Crippen molar-refractivity contribution < 1.29 is 4.42 Å². The Morgan fingerprint density at radius 2 is 1.82 bits per heavy atom. The third-order valence-corrected chi connectivity index (χ3v) is 4.51. The van der Waals surface area contributed by atoms with Gasteiger partial charge in [0.2, 0.25) is 5.95 Å². The average Bonchev–Trinajstić information content (AvgIpc) is 3.00. The number of nitrogens with one attached hydrogen (secondary N) is 2. The molecule has 0 aliphatic rings. The zero-order valence-electron chi connectivity index (χ0n) is 15.9. The summed E-state index contributed by atoms with van der Waals surface area (Å²) < 4.78 is 6.59. The Hall–Kier alpha value is -3.61. The third-order valence-electron chi connectivity index (χ3n) is 4.51. The SMILES string of the molecule is Cc1cnc(Nc2ccc(C(C)C)cc2)nc1Nn1c(=O)oc2ccccc21. The Kier molecular flexibility index (Phi) is 4.57. The summed E-state index contributed by atoms with van der Waals surface area (Å²) in [5.74, 6) is 0.928. The number of fused-ring (bicyclic) bond motifs is 1. The zero-order chi connectivity index (χ0) is 19.7. The first kappa shape index (κ1) is 17.8. The van der Waals surface area contributed by atoms with E-state index in [2.05, 4.69) is 46.7 Å². The molecule has 7 heteroatoms. The number of hydrogen-bond donors (Lipinski definition) is 2. The summed E-state index contributed by atoms with van der Waals surface area (Å²) in [6.45, 7) is 6.19. The van der Waals surface area contributed by atoms with E-state index in [9.17, 15) is 4.79 Å². The van der Waals surface area contributed by atoms with Crippen LogP contribution in [0.15, 0.2) is 63.9 Å². The quantitative estimate of drug-likeness (QED) is 0.537. The molecule has 0 spiro atoms. The first-order chi connectivity index (χ1) is 13.5. The molecule has 0 fully saturated rings. The third kappa shape index (κ3) is 3.46. The van der Waals surface area contributed by atoms with Gasteiger partial charge in [0.15, 0.2) is 11.4 Å². The van der Waals surface area contributed by atoms with E-state index in [0.717, 1.165) is 11.3 Å². The van der Waals surface area contributed by atoms with Gasteiger partial charge in [0.1, 0.15) is 5.52 Å². The monoisotopic (exact) mass is 375 g/mol. The molecule has 2 heterocycles. The van der Waals surface area contributed by atoms with Crippen LogP contribution in [0.3, 0.4) is 0 Å². The van der Waals surface area contributed by atoms with Gasteiger partial charge in [-0.05, 0) is 42.7 Å². The van der Waals surface area contributed by atoms with Gasteiger partial charge in [-0.25, -0.2) is 9.78 Å². The number of nitrogens with zero attached hydrogens (tertiary/aromatic N) is 3. The van der Waals surface area contributed by atoms with E-state index in [0.29, 0.717) is 28.8 Å². The number of oxazole rings is 1. The minimum Gasteiger partial charge on any atom is -0.406 e. The standard InChI is InChI=1S/C21H21N5O2/c1-13(2)15-8-10-16(11-9-15)23-20-22-12-14(3)19(24-20)25-26-17-6-4-5-7-18(17)28-21(26)27/h4-13H,1-3H3,(H2,22,23,24,25). The van der Waals surface area contributed by atoms with Crippen molar-refractivity contribution >= 4 is 28.6 Å². The molecule has 0 aliphatic carbocycles. The maximum Gasteiger partial charge on any atom is 0.439 e. The lowest BCUT2D eigenvalue weighted by atomic mass is 10.0. The van der Waals surface area contributed by atoms with Crippen LogP contribution in [0.1, 0.15) is 30.9 Å². The van der Waals surface area contributed by atoms with Crippen molar-refractivity contribution in [2.75, 3.05) is 10.7 Å². The molecule has 2 aromatic heterocycles. The van der Waals surface area contributed by atoms with Crippen LogP contribution in [0.2, 0.25) is 0 Å². The highest BCUT2D eigenvalue weighted by Crippen LogP contribution is 2.21. The highest BCUT2D eigenvalue weighted by atomic mass is 16.4. The first-order valence-electron chi connectivity index (χ1n) is 9.09. The molecule has 0 radical (unpaired) electrons. The summed E-state index contributed by atoms with van der Waals surface area (Å²) in [6, 6.07) is 15.4. The number of rotatable bonds is 5. The van der Waals surface area contributed by atoms with Crippen molar-refractivity contribution in [3.63, 3.8) is 0 Å². The average molecular weight is 375 g/mol. The fourth-order valence-corrected chi connectivity index (χ4v) is 2.87. The van der Waals surface area contributed by atoms with Crippen molar-refractivity contribution in [2.24, 2.45) is 0 Å². The largest absolute Gasteiger partial charge is 0.439 e. The molecule has 0 saturated carbocycles. The Bertz CT molecular complexity index is 1180. The number of hydrogen-bond acceptors (Lipinski definition) is 6. The van der Waals surface area contributed by atoms with Crippen molar-refractivity contribution in [2.45, 2.75) is 26.7 Å². The van der Waals surface area contributed by atoms with Gasteiger partial charge in [-0.15, -0.1) is 0 Å². The Balaban J connectivity index is 1.62. The first-order valence-corrected chi connectivity index (χ1v) is 9.09. The van der Waals surface area contributed by atoms with Crippen LogP contribution in [0.25, 0.3) is 11.1 Å². The summed E-state index contributed by atoms with van der Waals surface area (Å²) in [4.78, 5) is 21.0.